The van der Waals surface area contributed by atoms with E-state index in [1.54, 1.807) is 25.1 Å². The highest BCUT2D eigenvalue weighted by Crippen LogP contribution is 2.24. The molecule has 3 nitrogen and oxygen atoms in total. The number of hydrogen-bond acceptors (Lipinski definition) is 2. The van der Waals surface area contributed by atoms with Crippen LogP contribution < -0.4 is 5.32 Å². The molecule has 0 aliphatic heterocycles. The summed E-state index contributed by atoms with van der Waals surface area (Å²) in [7, 11) is 0. The van der Waals surface area contributed by atoms with Gasteiger partial charge in [0.1, 0.15) is 11.4 Å². The van der Waals surface area contributed by atoms with Crippen LogP contribution in [0.3, 0.4) is 0 Å². The van der Waals surface area contributed by atoms with E-state index in [0.29, 0.717) is 12.0 Å². The first kappa shape index (κ1) is 19.8. The molecule has 1 atom stereocenters. The third kappa shape index (κ3) is 5.05. The molecule has 0 fully saturated rings. The number of benzene rings is 3. The van der Waals surface area contributed by atoms with E-state index in [-0.39, 0.29) is 24.7 Å². The summed E-state index contributed by atoms with van der Waals surface area (Å²) in [5, 5.41) is 13.5. The number of rotatable bonds is 7. The lowest BCUT2D eigenvalue weighted by molar-refractivity contribution is -0.122. The maximum Gasteiger partial charge on any atom is 0.220 e. The molecule has 28 heavy (non-hydrogen) atoms. The number of carbonyl (C=O) groups is 1. The van der Waals surface area contributed by atoms with Gasteiger partial charge < -0.3 is 10.4 Å². The van der Waals surface area contributed by atoms with Gasteiger partial charge in [0.15, 0.2) is 0 Å². The molecule has 1 unspecified atom stereocenters. The van der Waals surface area contributed by atoms with Gasteiger partial charge in [-0.1, -0.05) is 72.8 Å². The normalized spacial score (nSPS) is 13.0. The van der Waals surface area contributed by atoms with E-state index in [2.05, 4.69) is 5.32 Å². The van der Waals surface area contributed by atoms with Crippen molar-refractivity contribution in [3.05, 3.63) is 95.8 Å². The van der Waals surface area contributed by atoms with Crippen LogP contribution in [0.5, 0.6) is 0 Å². The minimum Gasteiger partial charge on any atom is -0.384 e. The molecule has 0 heterocycles. The van der Waals surface area contributed by atoms with E-state index in [9.17, 15) is 14.3 Å². The van der Waals surface area contributed by atoms with Gasteiger partial charge >= 0.3 is 0 Å². The van der Waals surface area contributed by atoms with Crippen molar-refractivity contribution in [2.24, 2.45) is 0 Å². The molecule has 0 bridgehead atoms. The summed E-state index contributed by atoms with van der Waals surface area (Å²) in [5.74, 6) is -0.523. The van der Waals surface area contributed by atoms with Crippen molar-refractivity contribution in [3.63, 3.8) is 0 Å². The van der Waals surface area contributed by atoms with E-state index < -0.39 is 5.60 Å². The van der Waals surface area contributed by atoms with Gasteiger partial charge in [-0.05, 0) is 41.7 Å². The second-order valence-corrected chi connectivity index (χ2v) is 7.09. The molecule has 144 valence electrons. The van der Waals surface area contributed by atoms with Gasteiger partial charge in [0.2, 0.25) is 5.91 Å². The minimum atomic E-state index is -1.19. The maximum atomic E-state index is 13.6. The summed E-state index contributed by atoms with van der Waals surface area (Å²) in [4.78, 5) is 12.1. The highest BCUT2D eigenvalue weighted by Gasteiger charge is 2.23. The number of amides is 1. The molecule has 4 heteroatoms. The summed E-state index contributed by atoms with van der Waals surface area (Å²) < 4.78 is 13.6. The third-order valence-electron chi connectivity index (χ3n) is 4.82. The van der Waals surface area contributed by atoms with Gasteiger partial charge in [-0.15, -0.1) is 0 Å². The highest BCUT2D eigenvalue weighted by atomic mass is 19.1. The first-order valence-corrected chi connectivity index (χ1v) is 9.34. The lowest BCUT2D eigenvalue weighted by atomic mass is 9.93. The Morgan fingerprint density at radius 2 is 1.54 bits per heavy atom. The Balaban J connectivity index is 1.56. The number of carbonyl (C=O) groups excluding carboxylic acids is 1. The molecule has 0 aliphatic carbocycles. The van der Waals surface area contributed by atoms with E-state index in [1.165, 1.54) is 6.07 Å². The summed E-state index contributed by atoms with van der Waals surface area (Å²) in [6.07, 6.45) is 0.496. The number of halogens is 1. The third-order valence-corrected chi connectivity index (χ3v) is 4.82. The van der Waals surface area contributed by atoms with Crippen LogP contribution in [0.4, 0.5) is 4.39 Å². The van der Waals surface area contributed by atoms with Gasteiger partial charge in [-0.3, -0.25) is 4.79 Å². The topological polar surface area (TPSA) is 49.3 Å². The zero-order valence-electron chi connectivity index (χ0n) is 15.9. The van der Waals surface area contributed by atoms with Crippen LogP contribution in [0.15, 0.2) is 78.9 Å². The lowest BCUT2D eigenvalue weighted by Crippen LogP contribution is -2.38. The van der Waals surface area contributed by atoms with Crippen molar-refractivity contribution in [1.29, 1.82) is 0 Å². The zero-order chi connectivity index (χ0) is 20.0. The van der Waals surface area contributed by atoms with E-state index >= 15 is 0 Å². The Bertz CT molecular complexity index is 921. The second-order valence-electron chi connectivity index (χ2n) is 7.09. The molecule has 0 spiro atoms. The Kier molecular flexibility index (Phi) is 6.22. The van der Waals surface area contributed by atoms with Gasteiger partial charge in [0.05, 0.1) is 6.54 Å². The van der Waals surface area contributed by atoms with E-state index in [0.717, 1.165) is 16.7 Å². The van der Waals surface area contributed by atoms with Gasteiger partial charge in [-0.2, -0.15) is 0 Å². The average molecular weight is 377 g/mol. The summed E-state index contributed by atoms with van der Waals surface area (Å²) in [6.45, 7) is 1.76. The van der Waals surface area contributed by atoms with Crippen molar-refractivity contribution in [3.8, 4) is 11.1 Å². The molecule has 0 saturated carbocycles. The SMILES string of the molecule is CC(O)(CNC(=O)CCc1ccccc1F)c1ccc(-c2ccccc2)cc1. The fourth-order valence-corrected chi connectivity index (χ4v) is 3.06. The van der Waals surface area contributed by atoms with Crippen molar-refractivity contribution in [1.82, 2.24) is 5.32 Å². The van der Waals surface area contributed by atoms with Crippen molar-refractivity contribution < 1.29 is 14.3 Å². The Hall–Kier alpha value is -2.98. The fraction of sp³-hybridized carbons (Fsp3) is 0.208. The fourth-order valence-electron chi connectivity index (χ4n) is 3.06. The lowest BCUT2D eigenvalue weighted by Gasteiger charge is -2.24. The van der Waals surface area contributed by atoms with Crippen molar-refractivity contribution in [2.75, 3.05) is 6.54 Å². The van der Waals surface area contributed by atoms with Crippen LogP contribution in [0.1, 0.15) is 24.5 Å². The average Bonchev–Trinajstić information content (AvgIpc) is 2.72. The van der Waals surface area contributed by atoms with E-state index in [1.807, 2.05) is 54.6 Å². The van der Waals surface area contributed by atoms with E-state index in [4.69, 9.17) is 0 Å². The summed E-state index contributed by atoms with van der Waals surface area (Å²) in [6, 6.07) is 24.1. The van der Waals surface area contributed by atoms with Gasteiger partial charge in [-0.25, -0.2) is 4.39 Å². The zero-order valence-corrected chi connectivity index (χ0v) is 15.9. The Labute approximate surface area is 164 Å². The summed E-state index contributed by atoms with van der Waals surface area (Å²) >= 11 is 0. The predicted molar refractivity (Wildman–Crippen MR) is 109 cm³/mol. The largest absolute Gasteiger partial charge is 0.384 e. The Morgan fingerprint density at radius 3 is 2.21 bits per heavy atom. The first-order valence-electron chi connectivity index (χ1n) is 9.34. The number of nitrogens with one attached hydrogen (secondary N) is 1. The first-order chi connectivity index (χ1) is 13.5. The molecule has 0 saturated heterocycles. The summed E-state index contributed by atoms with van der Waals surface area (Å²) in [5.41, 5.74) is 2.22. The second kappa shape index (κ2) is 8.81. The number of aliphatic hydroxyl groups is 1. The van der Waals surface area contributed by atoms with Crippen LogP contribution in [-0.4, -0.2) is 17.6 Å². The molecule has 2 N–H and O–H groups in total. The molecule has 0 aliphatic rings. The molecule has 0 radical (unpaired) electrons. The van der Waals surface area contributed by atoms with Crippen LogP contribution >= 0.6 is 0 Å². The monoisotopic (exact) mass is 377 g/mol. The molecular formula is C24H24FNO2. The molecular weight excluding hydrogens is 353 g/mol. The smallest absolute Gasteiger partial charge is 0.220 e. The van der Waals surface area contributed by atoms with Gasteiger partial charge in [0.25, 0.3) is 0 Å². The van der Waals surface area contributed by atoms with Crippen LogP contribution in [0, 0.1) is 5.82 Å². The molecule has 3 aromatic carbocycles. The molecule has 1 amide bonds. The minimum absolute atomic E-state index is 0.0911. The van der Waals surface area contributed by atoms with Crippen LogP contribution in [0.2, 0.25) is 0 Å². The number of aryl methyl sites for hydroxylation is 1. The van der Waals surface area contributed by atoms with Crippen LogP contribution in [0.25, 0.3) is 11.1 Å². The van der Waals surface area contributed by atoms with Crippen molar-refractivity contribution >= 4 is 5.91 Å². The highest BCUT2D eigenvalue weighted by molar-refractivity contribution is 5.76. The van der Waals surface area contributed by atoms with Crippen molar-refractivity contribution in [2.45, 2.75) is 25.4 Å². The Morgan fingerprint density at radius 1 is 0.929 bits per heavy atom. The standard InChI is InChI=1S/C24H24FNO2/c1-24(28,17-26-23(27)16-13-20-9-5-6-10-22(20)25)21-14-11-19(12-15-21)18-7-3-2-4-8-18/h2-12,14-15,28H,13,16-17H2,1H3,(H,26,27). The van der Waals surface area contributed by atoms with Gasteiger partial charge in [0, 0.05) is 6.42 Å². The maximum absolute atomic E-state index is 13.6. The molecule has 0 aromatic heterocycles. The molecule has 3 aromatic rings. The van der Waals surface area contributed by atoms with Crippen LogP contribution in [-0.2, 0) is 16.8 Å². The molecule has 3 rings (SSSR count). The number of hydrogen-bond donors (Lipinski definition) is 2. The predicted octanol–water partition coefficient (Wildman–Crippen LogP) is 4.45. The quantitative estimate of drug-likeness (QED) is 0.639.